The highest BCUT2D eigenvalue weighted by Gasteiger charge is 2.18. The number of carbonyl (C=O) groups excluding carboxylic acids is 2. The van der Waals surface area contributed by atoms with E-state index in [4.69, 9.17) is 5.53 Å². The summed E-state index contributed by atoms with van der Waals surface area (Å²) in [5, 5.41) is 13.6. The van der Waals surface area contributed by atoms with E-state index in [-0.39, 0.29) is 11.6 Å². The molecule has 14 heteroatoms. The van der Waals surface area contributed by atoms with Gasteiger partial charge < -0.3 is 15.2 Å². The van der Waals surface area contributed by atoms with E-state index in [0.29, 0.717) is 39.4 Å². The number of nitrogens with one attached hydrogen (secondary N) is 5. The van der Waals surface area contributed by atoms with Gasteiger partial charge in [-0.3, -0.25) is 14.9 Å². The highest BCUT2D eigenvalue weighted by Crippen LogP contribution is 2.30. The minimum absolute atomic E-state index is 0.245. The number of imidazole rings is 1. The molecule has 0 radical (unpaired) electrons. The van der Waals surface area contributed by atoms with E-state index in [9.17, 15) is 9.59 Å². The van der Waals surface area contributed by atoms with Crippen molar-refractivity contribution in [2.24, 2.45) is 5.22 Å². The number of amides is 3. The standard InChI is InChI=1S/C21H18N12O2/c1-33(2)21(35)26-12-5-10(7-23-9-12)11-6-14-16(29-30-17(14)25-8-11)19-27-15-13(20(34)31-32-22)3-4-24-18(15)28-19/h3-9H,1-2H3,(H,26,35)(H2,22,31,34)(H,24,27,28)(H,25,29,30). The molecular formula is C21H18N12O2. The van der Waals surface area contributed by atoms with Gasteiger partial charge in [-0.15, -0.1) is 0 Å². The van der Waals surface area contributed by atoms with Crippen molar-refractivity contribution in [1.82, 2.24) is 45.4 Å². The molecule has 0 aliphatic carbocycles. The number of pyridine rings is 3. The molecule has 5 heterocycles. The molecule has 0 saturated carbocycles. The Morgan fingerprint density at radius 3 is 2.71 bits per heavy atom. The lowest BCUT2D eigenvalue weighted by molar-refractivity contribution is 0.0952. The van der Waals surface area contributed by atoms with E-state index in [1.54, 1.807) is 38.8 Å². The predicted molar refractivity (Wildman–Crippen MR) is 125 cm³/mol. The fourth-order valence-corrected chi connectivity index (χ4v) is 3.47. The monoisotopic (exact) mass is 470 g/mol. The average molecular weight is 470 g/mol. The number of aromatic amines is 2. The number of aromatic nitrogens is 7. The third kappa shape index (κ3) is 3.99. The number of hydrogen-bond acceptors (Lipinski definition) is 9. The van der Waals surface area contributed by atoms with Crippen molar-refractivity contribution in [2.45, 2.75) is 0 Å². The Hall–Kier alpha value is -5.27. The van der Waals surface area contributed by atoms with Crippen LogP contribution in [0.2, 0.25) is 0 Å². The Morgan fingerprint density at radius 1 is 1.09 bits per heavy atom. The Balaban J connectivity index is 1.55. The van der Waals surface area contributed by atoms with E-state index in [1.807, 2.05) is 6.07 Å². The van der Waals surface area contributed by atoms with Crippen molar-refractivity contribution >= 4 is 39.8 Å². The zero-order valence-corrected chi connectivity index (χ0v) is 18.5. The maximum Gasteiger partial charge on any atom is 0.321 e. The molecule has 14 nitrogen and oxygen atoms in total. The fraction of sp³-hybridized carbons (Fsp3) is 0.0952. The first-order valence-electron chi connectivity index (χ1n) is 10.2. The van der Waals surface area contributed by atoms with Crippen molar-refractivity contribution in [3.8, 4) is 22.6 Å². The molecule has 0 atom stereocenters. The van der Waals surface area contributed by atoms with Crippen molar-refractivity contribution in [1.29, 1.82) is 5.53 Å². The first kappa shape index (κ1) is 21.6. The number of urea groups is 1. The molecule has 0 fully saturated rings. The van der Waals surface area contributed by atoms with E-state index in [0.717, 1.165) is 11.1 Å². The van der Waals surface area contributed by atoms with Crippen LogP contribution in [-0.2, 0) is 0 Å². The Labute approximate surface area is 196 Å². The molecule has 3 amide bonds. The molecule has 5 N–H and O–H groups in total. The van der Waals surface area contributed by atoms with Crippen molar-refractivity contribution in [3.63, 3.8) is 0 Å². The van der Waals surface area contributed by atoms with Gasteiger partial charge in [-0.2, -0.15) is 10.6 Å². The van der Waals surface area contributed by atoms with Crippen LogP contribution in [0.25, 0.3) is 44.8 Å². The van der Waals surface area contributed by atoms with Crippen LogP contribution in [0, 0.1) is 5.53 Å². The third-order valence-corrected chi connectivity index (χ3v) is 5.17. The Morgan fingerprint density at radius 2 is 1.91 bits per heavy atom. The topological polar surface area (TPSA) is 194 Å². The Bertz CT molecular complexity index is 1600. The van der Waals surface area contributed by atoms with Gasteiger partial charge in [0.2, 0.25) is 0 Å². The van der Waals surface area contributed by atoms with Crippen LogP contribution in [0.15, 0.2) is 48.2 Å². The van der Waals surface area contributed by atoms with Crippen molar-refractivity contribution < 1.29 is 9.59 Å². The molecule has 5 aromatic rings. The maximum absolute atomic E-state index is 12.2. The highest BCUT2D eigenvalue weighted by atomic mass is 16.2. The molecule has 0 aliphatic heterocycles. The first-order chi connectivity index (χ1) is 16.9. The zero-order valence-electron chi connectivity index (χ0n) is 18.5. The SMILES string of the molecule is CN(C)C(=O)Nc1cncc(-c2cnc3n[nH]c(-c4nc5nccc(C(=O)NN=N)c5[nH]4)c3c2)c1. The number of fused-ring (bicyclic) bond motifs is 2. The number of anilines is 1. The van der Waals surface area contributed by atoms with E-state index in [1.165, 1.54) is 17.2 Å². The number of rotatable bonds is 5. The van der Waals surface area contributed by atoms with Crippen LogP contribution >= 0.6 is 0 Å². The minimum atomic E-state index is -0.560. The van der Waals surface area contributed by atoms with Crippen molar-refractivity contribution in [2.75, 3.05) is 19.4 Å². The smallest absolute Gasteiger partial charge is 0.321 e. The quantitative estimate of drug-likeness (QED) is 0.192. The lowest BCUT2D eigenvalue weighted by atomic mass is 10.1. The van der Waals surface area contributed by atoms with E-state index in [2.05, 4.69) is 51.1 Å². The second-order valence-electron chi connectivity index (χ2n) is 7.68. The van der Waals surface area contributed by atoms with Crippen LogP contribution < -0.4 is 10.7 Å². The summed E-state index contributed by atoms with van der Waals surface area (Å²) in [7, 11) is 3.30. The van der Waals surface area contributed by atoms with Crippen LogP contribution in [0.1, 0.15) is 10.4 Å². The van der Waals surface area contributed by atoms with E-state index < -0.39 is 5.91 Å². The zero-order chi connectivity index (χ0) is 24.5. The molecule has 174 valence electrons. The van der Waals surface area contributed by atoms with Gasteiger partial charge in [0.1, 0.15) is 5.69 Å². The third-order valence-electron chi connectivity index (χ3n) is 5.17. The van der Waals surface area contributed by atoms with E-state index >= 15 is 0 Å². The lowest BCUT2D eigenvalue weighted by Gasteiger charge is -2.12. The molecule has 5 rings (SSSR count). The minimum Gasteiger partial charge on any atom is -0.335 e. The molecular weight excluding hydrogens is 452 g/mol. The van der Waals surface area contributed by atoms with Gasteiger partial charge in [-0.1, -0.05) is 5.22 Å². The Kier molecular flexibility index (Phi) is 5.29. The summed E-state index contributed by atoms with van der Waals surface area (Å²) >= 11 is 0. The van der Waals surface area contributed by atoms with Gasteiger partial charge >= 0.3 is 6.03 Å². The molecule has 0 aromatic carbocycles. The largest absolute Gasteiger partial charge is 0.335 e. The van der Waals surface area contributed by atoms with Crippen LogP contribution in [0.3, 0.4) is 0 Å². The number of H-pyrrole nitrogens is 2. The van der Waals surface area contributed by atoms with Crippen molar-refractivity contribution in [3.05, 3.63) is 48.5 Å². The predicted octanol–water partition coefficient (Wildman–Crippen LogP) is 2.73. The van der Waals surface area contributed by atoms with Gasteiger partial charge in [0.05, 0.1) is 28.4 Å². The highest BCUT2D eigenvalue weighted by molar-refractivity contribution is 6.04. The van der Waals surface area contributed by atoms with Gasteiger partial charge in [-0.05, 0) is 18.2 Å². The summed E-state index contributed by atoms with van der Waals surface area (Å²) < 4.78 is 0. The number of carbonyl (C=O) groups is 2. The number of nitrogens with zero attached hydrogens (tertiary/aromatic N) is 7. The van der Waals surface area contributed by atoms with Crippen LogP contribution in [0.5, 0.6) is 0 Å². The summed E-state index contributed by atoms with van der Waals surface area (Å²) in [4.78, 5) is 46.1. The summed E-state index contributed by atoms with van der Waals surface area (Å²) in [6.07, 6.45) is 6.34. The average Bonchev–Trinajstić information content (AvgIpc) is 3.47. The molecule has 0 unspecified atom stereocenters. The maximum atomic E-state index is 12.2. The summed E-state index contributed by atoms with van der Waals surface area (Å²) in [5.41, 5.74) is 13.0. The molecule has 0 bridgehead atoms. The molecule has 5 aromatic heterocycles. The molecule has 0 aliphatic rings. The summed E-state index contributed by atoms with van der Waals surface area (Å²) in [5.74, 6) is -0.156. The van der Waals surface area contributed by atoms with Gasteiger partial charge in [0.25, 0.3) is 5.91 Å². The molecule has 35 heavy (non-hydrogen) atoms. The fourth-order valence-electron chi connectivity index (χ4n) is 3.47. The normalized spacial score (nSPS) is 10.9. The second-order valence-corrected chi connectivity index (χ2v) is 7.68. The molecule has 0 saturated heterocycles. The van der Waals surface area contributed by atoms with Crippen LogP contribution in [-0.4, -0.2) is 66.1 Å². The number of hydrogen-bond donors (Lipinski definition) is 5. The van der Waals surface area contributed by atoms with Crippen LogP contribution in [0.4, 0.5) is 10.5 Å². The van der Waals surface area contributed by atoms with Gasteiger partial charge in [0, 0.05) is 43.8 Å². The molecule has 0 spiro atoms. The van der Waals surface area contributed by atoms with Gasteiger partial charge in [-0.25, -0.2) is 25.2 Å². The summed E-state index contributed by atoms with van der Waals surface area (Å²) in [6, 6.07) is 4.91. The van der Waals surface area contributed by atoms with Gasteiger partial charge in [0.15, 0.2) is 17.1 Å². The lowest BCUT2D eigenvalue weighted by Crippen LogP contribution is -2.27. The second kappa shape index (κ2) is 8.58. The summed E-state index contributed by atoms with van der Waals surface area (Å²) in [6.45, 7) is 0. The first-order valence-corrected chi connectivity index (χ1v) is 10.2.